The molecule has 0 fully saturated rings. The molecule has 0 heterocycles. The van der Waals surface area contributed by atoms with Crippen LogP contribution < -0.4 is 0 Å². The molecule has 3 nitrogen and oxygen atoms in total. The van der Waals surface area contributed by atoms with Crippen LogP contribution in [0, 0.1) is 6.16 Å². The van der Waals surface area contributed by atoms with Gasteiger partial charge in [0.15, 0.2) is 7.60 Å². The molecule has 11 heavy (non-hydrogen) atoms. The molecule has 0 rings (SSSR count). The monoisotopic (exact) mass is 228 g/mol. The summed E-state index contributed by atoms with van der Waals surface area (Å²) in [6.45, 7) is 6.08. The van der Waals surface area contributed by atoms with Crippen LogP contribution in [0.1, 0.15) is 20.8 Å². The zero-order chi connectivity index (χ0) is 8.04. The fourth-order valence-corrected chi connectivity index (χ4v) is 1.64. The van der Waals surface area contributed by atoms with E-state index < -0.39 is 7.60 Å². The van der Waals surface area contributed by atoms with E-state index in [0.29, 0.717) is 13.2 Å². The molecule has 0 spiro atoms. The van der Waals surface area contributed by atoms with Gasteiger partial charge in [0.05, 0.1) is 13.2 Å². The van der Waals surface area contributed by atoms with Crippen LogP contribution in [-0.2, 0) is 30.7 Å². The summed E-state index contributed by atoms with van der Waals surface area (Å²) in [5, 5.41) is 0. The molecule has 0 bridgehead atoms. The van der Waals surface area contributed by atoms with Crippen LogP contribution in [0.15, 0.2) is 0 Å². The van der Waals surface area contributed by atoms with Gasteiger partial charge in [0.1, 0.15) is 0 Å². The van der Waals surface area contributed by atoms with E-state index in [-0.39, 0.29) is 17.1 Å². The van der Waals surface area contributed by atoms with Gasteiger partial charge in [0.25, 0.3) is 0 Å². The van der Waals surface area contributed by atoms with Gasteiger partial charge in [-0.1, -0.05) is 0 Å². The molecule has 0 saturated carbocycles. The van der Waals surface area contributed by atoms with Gasteiger partial charge < -0.3 is 9.05 Å². The average Bonchev–Trinajstić information content (AvgIpc) is 1.89. The number of rotatable bonds is 5. The Labute approximate surface area is 78.8 Å². The van der Waals surface area contributed by atoms with Crippen molar-refractivity contribution in [2.24, 2.45) is 0 Å². The van der Waals surface area contributed by atoms with Crippen molar-refractivity contribution >= 4 is 7.60 Å². The molecule has 0 aromatic rings. The number of hydrogen-bond donors (Lipinski definition) is 0. The van der Waals surface area contributed by atoms with Crippen molar-refractivity contribution in [1.82, 2.24) is 0 Å². The smallest absolute Gasteiger partial charge is 0.331 e. The van der Waals surface area contributed by atoms with E-state index in [0.717, 1.165) is 0 Å². The van der Waals surface area contributed by atoms with Gasteiger partial charge in [0, 0.05) is 0 Å². The van der Waals surface area contributed by atoms with Crippen LogP contribution in [0.5, 0.6) is 0 Å². The van der Waals surface area contributed by atoms with E-state index in [2.05, 4.69) is 0 Å². The standard InChI is InChI=1S/C6H14O3P.Cu/c1-4-8-10(7,6-3)9-5-2;/h6H,4-5H2,1-3H3;/q-1;+1. The summed E-state index contributed by atoms with van der Waals surface area (Å²) < 4.78 is 21.1. The Bertz CT molecular complexity index is 119. The van der Waals surface area contributed by atoms with Gasteiger partial charge in [0.2, 0.25) is 0 Å². The third-order valence-electron chi connectivity index (χ3n) is 0.934. The first-order valence-electron chi connectivity index (χ1n) is 3.37. The zero-order valence-corrected chi connectivity index (χ0v) is 8.80. The fourth-order valence-electron chi connectivity index (χ4n) is 0.546. The second kappa shape index (κ2) is 7.33. The molecular weight excluding hydrogens is 215 g/mol. The summed E-state index contributed by atoms with van der Waals surface area (Å²) in [5.41, 5.74) is 0. The molecule has 0 aliphatic rings. The molecule has 0 saturated heterocycles. The minimum absolute atomic E-state index is 0. The Morgan fingerprint density at radius 2 is 1.64 bits per heavy atom. The Hall–Kier alpha value is 0.669. The van der Waals surface area contributed by atoms with Gasteiger partial charge in [-0.25, -0.2) is 6.16 Å². The Morgan fingerprint density at radius 1 is 1.27 bits per heavy atom. The predicted octanol–water partition coefficient (Wildman–Crippen LogP) is 2.43. The van der Waals surface area contributed by atoms with Crippen LogP contribution in [0.4, 0.5) is 0 Å². The van der Waals surface area contributed by atoms with E-state index in [1.165, 1.54) is 6.16 Å². The van der Waals surface area contributed by atoms with Crippen molar-refractivity contribution in [3.63, 3.8) is 0 Å². The van der Waals surface area contributed by atoms with E-state index in [4.69, 9.17) is 9.05 Å². The van der Waals surface area contributed by atoms with Crippen LogP contribution in [0.2, 0.25) is 0 Å². The Kier molecular flexibility index (Phi) is 9.46. The topological polar surface area (TPSA) is 35.5 Å². The van der Waals surface area contributed by atoms with Gasteiger partial charge in [-0.05, 0) is 13.8 Å². The second-order valence-corrected chi connectivity index (χ2v) is 3.75. The van der Waals surface area contributed by atoms with Crippen molar-refractivity contribution in [3.05, 3.63) is 6.16 Å². The maximum Gasteiger partial charge on any atom is 1.00 e. The van der Waals surface area contributed by atoms with E-state index in [1.54, 1.807) is 20.8 Å². The van der Waals surface area contributed by atoms with Crippen molar-refractivity contribution in [2.75, 3.05) is 13.2 Å². The van der Waals surface area contributed by atoms with Gasteiger partial charge >= 0.3 is 17.1 Å². The predicted molar refractivity (Wildman–Crippen MR) is 40.8 cm³/mol. The molecule has 0 aliphatic carbocycles. The summed E-state index contributed by atoms with van der Waals surface area (Å²) in [7, 11) is -2.83. The van der Waals surface area contributed by atoms with Gasteiger partial charge in [-0.15, -0.1) is 0 Å². The van der Waals surface area contributed by atoms with Crippen molar-refractivity contribution in [2.45, 2.75) is 20.8 Å². The SMILES string of the molecule is C[CH-]P(=O)(OCC)OCC.[Cu+]. The maximum absolute atomic E-state index is 11.3. The summed E-state index contributed by atoms with van der Waals surface area (Å²) in [5.74, 6) is 0. The molecule has 0 atom stereocenters. The normalized spacial score (nSPS) is 10.8. The second-order valence-electron chi connectivity index (χ2n) is 1.63. The molecule has 0 aromatic heterocycles. The molecule has 0 unspecified atom stereocenters. The molecule has 0 radical (unpaired) electrons. The summed E-state index contributed by atoms with van der Waals surface area (Å²) >= 11 is 0. The van der Waals surface area contributed by atoms with E-state index in [1.807, 2.05) is 0 Å². The molecule has 0 amide bonds. The Morgan fingerprint density at radius 3 is 1.82 bits per heavy atom. The van der Waals surface area contributed by atoms with Crippen LogP contribution >= 0.6 is 7.60 Å². The van der Waals surface area contributed by atoms with Gasteiger partial charge in [-0.3, -0.25) is 4.57 Å². The fraction of sp³-hybridized carbons (Fsp3) is 0.833. The molecule has 72 valence electrons. The minimum atomic E-state index is -2.83. The zero-order valence-electron chi connectivity index (χ0n) is 6.97. The summed E-state index contributed by atoms with van der Waals surface area (Å²) in [6.07, 6.45) is 1.47. The quantitative estimate of drug-likeness (QED) is 0.412. The molecule has 0 aliphatic heterocycles. The van der Waals surface area contributed by atoms with Crippen molar-refractivity contribution in [3.8, 4) is 0 Å². The van der Waals surface area contributed by atoms with Crippen LogP contribution in [0.25, 0.3) is 0 Å². The largest absolute Gasteiger partial charge is 1.00 e. The van der Waals surface area contributed by atoms with E-state index in [9.17, 15) is 4.57 Å². The Balaban J connectivity index is 0. The molecule has 0 N–H and O–H groups in total. The summed E-state index contributed by atoms with van der Waals surface area (Å²) in [4.78, 5) is 0. The van der Waals surface area contributed by atoms with Crippen molar-refractivity contribution < 1.29 is 30.7 Å². The maximum atomic E-state index is 11.3. The average molecular weight is 229 g/mol. The number of hydrogen-bond acceptors (Lipinski definition) is 3. The first-order chi connectivity index (χ1) is 4.68. The third-order valence-corrected chi connectivity index (χ3v) is 2.80. The third kappa shape index (κ3) is 5.89. The van der Waals surface area contributed by atoms with Crippen LogP contribution in [-0.4, -0.2) is 13.2 Å². The molecular formula is C6H14CuO3P. The van der Waals surface area contributed by atoms with Gasteiger partial charge in [-0.2, -0.15) is 6.92 Å². The van der Waals surface area contributed by atoms with Crippen LogP contribution in [0.3, 0.4) is 0 Å². The summed E-state index contributed by atoms with van der Waals surface area (Å²) in [6, 6.07) is 0. The molecule has 5 heteroatoms. The molecule has 0 aromatic carbocycles. The first kappa shape index (κ1) is 14.2. The van der Waals surface area contributed by atoms with Crippen molar-refractivity contribution in [1.29, 1.82) is 0 Å². The first-order valence-corrected chi connectivity index (χ1v) is 4.99. The minimum Gasteiger partial charge on any atom is -0.331 e. The van der Waals surface area contributed by atoms with E-state index >= 15 is 0 Å².